The van der Waals surface area contributed by atoms with Crippen molar-refractivity contribution in [1.82, 2.24) is 10.2 Å². The molecule has 1 fully saturated rings. The first-order chi connectivity index (χ1) is 9.91. The predicted octanol–water partition coefficient (Wildman–Crippen LogP) is 0.179. The summed E-state index contributed by atoms with van der Waals surface area (Å²) < 4.78 is 28.3. The molecule has 7 heteroatoms. The maximum absolute atomic E-state index is 11.6. The Bertz CT molecular complexity index is 583. The van der Waals surface area contributed by atoms with Gasteiger partial charge in [-0.25, -0.2) is 13.6 Å². The number of sulfonamides is 1. The molecule has 1 atom stereocenters. The molecule has 0 aromatic heterocycles. The van der Waals surface area contributed by atoms with Gasteiger partial charge in [-0.05, 0) is 31.0 Å². The highest BCUT2D eigenvalue weighted by Crippen LogP contribution is 2.24. The van der Waals surface area contributed by atoms with Crippen LogP contribution in [-0.4, -0.2) is 52.6 Å². The summed E-state index contributed by atoms with van der Waals surface area (Å²) in [6, 6.07) is 5.53. The van der Waals surface area contributed by atoms with Crippen LogP contribution in [-0.2, 0) is 16.4 Å². The topological polar surface area (TPSA) is 84.7 Å². The Labute approximate surface area is 126 Å². The van der Waals surface area contributed by atoms with Crippen LogP contribution in [0.1, 0.15) is 12.5 Å². The smallest absolute Gasteiger partial charge is 0.241 e. The summed E-state index contributed by atoms with van der Waals surface area (Å²) in [4.78, 5) is 2.45. The second kappa shape index (κ2) is 6.74. The van der Waals surface area contributed by atoms with Crippen LogP contribution in [0.25, 0.3) is 0 Å². The Morgan fingerprint density at radius 1 is 1.38 bits per heavy atom. The van der Waals surface area contributed by atoms with Crippen molar-refractivity contribution >= 4 is 10.0 Å². The lowest BCUT2D eigenvalue weighted by atomic mass is 10.1. The maximum atomic E-state index is 11.6. The van der Waals surface area contributed by atoms with E-state index < -0.39 is 10.0 Å². The number of nitrogens with zero attached hydrogens (tertiary/aromatic N) is 1. The zero-order valence-corrected chi connectivity index (χ0v) is 13.3. The summed E-state index contributed by atoms with van der Waals surface area (Å²) in [5, 5.41) is 8.57. The van der Waals surface area contributed by atoms with Gasteiger partial charge in [-0.1, -0.05) is 6.07 Å². The summed E-state index contributed by atoms with van der Waals surface area (Å²) in [6.45, 7) is 6.18. The highest BCUT2D eigenvalue weighted by atomic mass is 32.2. The molecule has 0 bridgehead atoms. The predicted molar refractivity (Wildman–Crippen MR) is 82.0 cm³/mol. The number of piperazine rings is 1. The van der Waals surface area contributed by atoms with Crippen LogP contribution < -0.4 is 15.2 Å². The lowest BCUT2D eigenvalue weighted by Gasteiger charge is -2.33. The minimum atomic E-state index is -3.78. The fraction of sp³-hybridized carbons (Fsp3) is 0.571. The Kier molecular flexibility index (Phi) is 5.21. The van der Waals surface area contributed by atoms with Crippen molar-refractivity contribution in [1.29, 1.82) is 0 Å². The third-order valence-corrected chi connectivity index (χ3v) is 4.77. The number of methoxy groups -OCH3 is 1. The largest absolute Gasteiger partial charge is 0.495 e. The summed E-state index contributed by atoms with van der Waals surface area (Å²) >= 11 is 0. The first-order valence-corrected chi connectivity index (χ1v) is 8.61. The molecule has 0 radical (unpaired) electrons. The first-order valence-electron chi connectivity index (χ1n) is 7.06. The van der Waals surface area contributed by atoms with E-state index >= 15 is 0 Å². The van der Waals surface area contributed by atoms with E-state index in [0.717, 1.165) is 38.2 Å². The monoisotopic (exact) mass is 313 g/mol. The number of nitrogens with one attached hydrogen (secondary N) is 1. The van der Waals surface area contributed by atoms with Crippen molar-refractivity contribution in [3.63, 3.8) is 0 Å². The lowest BCUT2D eigenvalue weighted by Crippen LogP contribution is -2.48. The standard InChI is InChI=1S/C14H23N3O3S/c1-11(17-7-5-16-6-8-17)9-12-3-4-13(20-2)14(10-12)21(15,18)19/h3-4,10-11,16H,5-9H2,1-2H3,(H2,15,18,19)/t11-/m1/s1. The number of hydrogen-bond donors (Lipinski definition) is 2. The average Bonchev–Trinajstić information content (AvgIpc) is 2.47. The lowest BCUT2D eigenvalue weighted by molar-refractivity contribution is 0.183. The first kappa shape index (κ1) is 16.2. The fourth-order valence-corrected chi connectivity index (χ4v) is 3.41. The van der Waals surface area contributed by atoms with Crippen LogP contribution in [0.5, 0.6) is 5.75 Å². The van der Waals surface area contributed by atoms with E-state index in [-0.39, 0.29) is 10.6 Å². The Morgan fingerprint density at radius 3 is 2.62 bits per heavy atom. The van der Waals surface area contributed by atoms with Gasteiger partial charge < -0.3 is 10.1 Å². The van der Waals surface area contributed by atoms with E-state index in [9.17, 15) is 8.42 Å². The third-order valence-electron chi connectivity index (χ3n) is 3.84. The molecule has 1 aliphatic rings. The molecule has 1 aromatic carbocycles. The van der Waals surface area contributed by atoms with Crippen LogP contribution in [0, 0.1) is 0 Å². The highest BCUT2D eigenvalue weighted by Gasteiger charge is 2.19. The molecular weight excluding hydrogens is 290 g/mol. The van der Waals surface area contributed by atoms with Crippen molar-refractivity contribution in [2.24, 2.45) is 5.14 Å². The number of hydrogen-bond acceptors (Lipinski definition) is 5. The van der Waals surface area contributed by atoms with E-state index in [1.54, 1.807) is 12.1 Å². The van der Waals surface area contributed by atoms with Gasteiger partial charge in [0, 0.05) is 32.2 Å². The van der Waals surface area contributed by atoms with Gasteiger partial charge in [0.2, 0.25) is 10.0 Å². The normalized spacial score (nSPS) is 18.4. The number of ether oxygens (including phenoxy) is 1. The zero-order chi connectivity index (χ0) is 15.5. The third kappa shape index (κ3) is 4.16. The molecule has 0 aliphatic carbocycles. The van der Waals surface area contributed by atoms with E-state index in [4.69, 9.17) is 9.88 Å². The minimum Gasteiger partial charge on any atom is -0.495 e. The van der Waals surface area contributed by atoms with Gasteiger partial charge >= 0.3 is 0 Å². The molecule has 0 unspecified atom stereocenters. The number of primary sulfonamides is 1. The van der Waals surface area contributed by atoms with Crippen LogP contribution in [0.3, 0.4) is 0 Å². The minimum absolute atomic E-state index is 0.0509. The van der Waals surface area contributed by atoms with Crippen molar-refractivity contribution in [3.8, 4) is 5.75 Å². The van der Waals surface area contributed by atoms with Gasteiger partial charge in [-0.15, -0.1) is 0 Å². The molecular formula is C14H23N3O3S. The van der Waals surface area contributed by atoms with Gasteiger partial charge in [0.1, 0.15) is 10.6 Å². The van der Waals surface area contributed by atoms with Crippen LogP contribution in [0.2, 0.25) is 0 Å². The second-order valence-electron chi connectivity index (χ2n) is 5.37. The molecule has 0 spiro atoms. The molecule has 1 heterocycles. The van der Waals surface area contributed by atoms with E-state index in [2.05, 4.69) is 17.1 Å². The van der Waals surface area contributed by atoms with Gasteiger partial charge in [-0.2, -0.15) is 0 Å². The van der Waals surface area contributed by atoms with Gasteiger partial charge in [0.25, 0.3) is 0 Å². The van der Waals surface area contributed by atoms with E-state index in [0.29, 0.717) is 6.04 Å². The maximum Gasteiger partial charge on any atom is 0.241 e. The van der Waals surface area contributed by atoms with Crippen molar-refractivity contribution in [2.75, 3.05) is 33.3 Å². The highest BCUT2D eigenvalue weighted by molar-refractivity contribution is 7.89. The Morgan fingerprint density at radius 2 is 2.05 bits per heavy atom. The van der Waals surface area contributed by atoms with Crippen LogP contribution in [0.15, 0.2) is 23.1 Å². The van der Waals surface area contributed by atoms with Crippen molar-refractivity contribution in [3.05, 3.63) is 23.8 Å². The molecule has 1 aliphatic heterocycles. The van der Waals surface area contributed by atoms with Crippen molar-refractivity contribution in [2.45, 2.75) is 24.3 Å². The van der Waals surface area contributed by atoms with Gasteiger partial charge in [0.05, 0.1) is 7.11 Å². The average molecular weight is 313 g/mol. The molecule has 2 rings (SSSR count). The molecule has 118 valence electrons. The molecule has 0 amide bonds. The quantitative estimate of drug-likeness (QED) is 0.810. The molecule has 1 saturated heterocycles. The summed E-state index contributed by atoms with van der Waals surface area (Å²) in [5.74, 6) is 0.288. The molecule has 1 aromatic rings. The molecule has 21 heavy (non-hydrogen) atoms. The Balaban J connectivity index is 2.17. The second-order valence-corrected chi connectivity index (χ2v) is 6.90. The number of nitrogens with two attached hydrogens (primary N) is 1. The fourth-order valence-electron chi connectivity index (χ4n) is 2.66. The Hall–Kier alpha value is -1.15. The number of rotatable bonds is 5. The summed E-state index contributed by atoms with van der Waals surface area (Å²) in [6.07, 6.45) is 0.784. The van der Waals surface area contributed by atoms with Crippen LogP contribution in [0.4, 0.5) is 0 Å². The van der Waals surface area contributed by atoms with Gasteiger partial charge in [0.15, 0.2) is 0 Å². The molecule has 6 nitrogen and oxygen atoms in total. The molecule has 3 N–H and O–H groups in total. The summed E-state index contributed by atoms with van der Waals surface area (Å²) in [5.41, 5.74) is 0.950. The SMILES string of the molecule is COc1ccc(C[C@@H](C)N2CCNCC2)cc1S(N)(=O)=O. The van der Waals surface area contributed by atoms with Gasteiger partial charge in [-0.3, -0.25) is 4.90 Å². The van der Waals surface area contributed by atoms with E-state index in [1.807, 2.05) is 6.07 Å². The van der Waals surface area contributed by atoms with Crippen molar-refractivity contribution < 1.29 is 13.2 Å². The van der Waals surface area contributed by atoms with E-state index in [1.165, 1.54) is 7.11 Å². The zero-order valence-electron chi connectivity index (χ0n) is 12.5. The molecule has 0 saturated carbocycles. The summed E-state index contributed by atoms with van der Waals surface area (Å²) in [7, 11) is -2.34. The van der Waals surface area contributed by atoms with Crippen LogP contribution >= 0.6 is 0 Å². The number of benzene rings is 1.